The third kappa shape index (κ3) is 6.09. The van der Waals surface area contributed by atoms with Crippen molar-refractivity contribution in [3.63, 3.8) is 0 Å². The van der Waals surface area contributed by atoms with E-state index in [1.807, 2.05) is 18.2 Å². The number of furan rings is 1. The van der Waals surface area contributed by atoms with E-state index in [4.69, 9.17) is 4.42 Å². The maximum atomic E-state index is 6.22. The molecule has 58 heavy (non-hydrogen) atoms. The quantitative estimate of drug-likeness (QED) is 0.151. The van der Waals surface area contributed by atoms with Crippen LogP contribution in [-0.2, 0) is 0 Å². The average molecular weight is 740 g/mol. The van der Waals surface area contributed by atoms with E-state index in [1.165, 1.54) is 60.1 Å². The van der Waals surface area contributed by atoms with Crippen molar-refractivity contribution in [3.8, 4) is 44.7 Å². The Morgan fingerprint density at radius 1 is 0.293 bits per heavy atom. The maximum absolute atomic E-state index is 6.22. The fourth-order valence-corrected chi connectivity index (χ4v) is 8.48. The SMILES string of the molecule is c1ccc(-c2ccc(-c3ccccc3N(c3ccc4cc(-c5cccc(-c6cc7ccccc7o6)c5)ccc4c3)c3ccc4c(ccc5ccccc54)c3)cc2)cc1. The van der Waals surface area contributed by atoms with Crippen LogP contribution in [0.1, 0.15) is 0 Å². The molecule has 272 valence electrons. The second-order valence-electron chi connectivity index (χ2n) is 15.0. The summed E-state index contributed by atoms with van der Waals surface area (Å²) in [6.07, 6.45) is 0. The van der Waals surface area contributed by atoms with Crippen molar-refractivity contribution in [3.05, 3.63) is 224 Å². The summed E-state index contributed by atoms with van der Waals surface area (Å²) in [5.41, 5.74) is 12.4. The summed E-state index contributed by atoms with van der Waals surface area (Å²) in [7, 11) is 0. The molecular formula is C56H37NO. The zero-order valence-corrected chi connectivity index (χ0v) is 31.7. The number of hydrogen-bond acceptors (Lipinski definition) is 2. The van der Waals surface area contributed by atoms with E-state index in [9.17, 15) is 0 Å². The number of hydrogen-bond donors (Lipinski definition) is 0. The third-order valence-electron chi connectivity index (χ3n) is 11.4. The lowest BCUT2D eigenvalue weighted by molar-refractivity contribution is 0.631. The van der Waals surface area contributed by atoms with E-state index in [0.29, 0.717) is 0 Å². The first-order valence-electron chi connectivity index (χ1n) is 19.8. The molecule has 0 atom stereocenters. The molecule has 11 aromatic rings. The molecule has 11 rings (SSSR count). The molecule has 0 saturated carbocycles. The zero-order valence-electron chi connectivity index (χ0n) is 31.7. The molecule has 0 radical (unpaired) electrons. The minimum Gasteiger partial charge on any atom is -0.456 e. The first-order valence-corrected chi connectivity index (χ1v) is 19.8. The fraction of sp³-hybridized carbons (Fsp3) is 0. The van der Waals surface area contributed by atoms with Gasteiger partial charge in [-0.2, -0.15) is 0 Å². The number of anilines is 3. The Morgan fingerprint density at radius 3 is 1.74 bits per heavy atom. The van der Waals surface area contributed by atoms with Gasteiger partial charge in [-0.15, -0.1) is 0 Å². The molecule has 0 N–H and O–H groups in total. The molecule has 0 spiro atoms. The molecule has 1 aromatic heterocycles. The predicted molar refractivity (Wildman–Crippen MR) is 245 cm³/mol. The minimum atomic E-state index is 0.878. The second kappa shape index (κ2) is 14.1. The number of benzene rings is 10. The average Bonchev–Trinajstić information content (AvgIpc) is 3.74. The monoisotopic (exact) mass is 739 g/mol. The van der Waals surface area contributed by atoms with Gasteiger partial charge in [-0.1, -0.05) is 170 Å². The molecule has 0 amide bonds. The van der Waals surface area contributed by atoms with Gasteiger partial charge in [-0.3, -0.25) is 0 Å². The summed E-state index contributed by atoms with van der Waals surface area (Å²) in [4.78, 5) is 2.42. The first kappa shape index (κ1) is 33.6. The molecule has 0 aliphatic carbocycles. The summed E-state index contributed by atoms with van der Waals surface area (Å²) in [6, 6.07) is 80.8. The van der Waals surface area contributed by atoms with Crippen LogP contribution >= 0.6 is 0 Å². The highest BCUT2D eigenvalue weighted by atomic mass is 16.3. The van der Waals surface area contributed by atoms with E-state index in [-0.39, 0.29) is 0 Å². The molecule has 2 heteroatoms. The van der Waals surface area contributed by atoms with Crippen molar-refractivity contribution in [1.29, 1.82) is 0 Å². The molecule has 0 bridgehead atoms. The molecule has 1 heterocycles. The summed E-state index contributed by atoms with van der Waals surface area (Å²) in [5, 5.41) is 8.45. The molecule has 10 aromatic carbocycles. The van der Waals surface area contributed by atoms with Crippen LogP contribution < -0.4 is 4.90 Å². The highest BCUT2D eigenvalue weighted by molar-refractivity contribution is 6.09. The molecule has 0 saturated heterocycles. The Morgan fingerprint density at radius 2 is 0.862 bits per heavy atom. The summed E-state index contributed by atoms with van der Waals surface area (Å²) < 4.78 is 6.22. The van der Waals surface area contributed by atoms with Gasteiger partial charge in [0.15, 0.2) is 0 Å². The summed E-state index contributed by atoms with van der Waals surface area (Å²) in [5.74, 6) is 0.878. The van der Waals surface area contributed by atoms with Crippen LogP contribution in [0.25, 0.3) is 88.0 Å². The number of fused-ring (bicyclic) bond motifs is 5. The Labute approximate surface area is 337 Å². The molecule has 0 aliphatic heterocycles. The maximum Gasteiger partial charge on any atom is 0.135 e. The summed E-state index contributed by atoms with van der Waals surface area (Å²) in [6.45, 7) is 0. The van der Waals surface area contributed by atoms with Crippen molar-refractivity contribution < 1.29 is 4.42 Å². The Kier molecular flexibility index (Phi) is 8.19. The van der Waals surface area contributed by atoms with Gasteiger partial charge in [0.2, 0.25) is 0 Å². The Balaban J connectivity index is 1.01. The molecular weight excluding hydrogens is 703 g/mol. The smallest absolute Gasteiger partial charge is 0.135 e. The Hall–Kier alpha value is -7.68. The number of para-hydroxylation sites is 2. The van der Waals surface area contributed by atoms with Gasteiger partial charge in [0.25, 0.3) is 0 Å². The molecule has 0 aliphatic rings. The summed E-state index contributed by atoms with van der Waals surface area (Å²) >= 11 is 0. The van der Waals surface area contributed by atoms with Gasteiger partial charge in [0, 0.05) is 27.9 Å². The van der Waals surface area contributed by atoms with Gasteiger partial charge in [-0.25, -0.2) is 0 Å². The lowest BCUT2D eigenvalue weighted by Crippen LogP contribution is -2.11. The van der Waals surface area contributed by atoms with E-state index in [0.717, 1.165) is 44.9 Å². The van der Waals surface area contributed by atoms with Crippen molar-refractivity contribution in [2.24, 2.45) is 0 Å². The second-order valence-corrected chi connectivity index (χ2v) is 15.0. The van der Waals surface area contributed by atoms with Crippen molar-refractivity contribution in [2.75, 3.05) is 4.90 Å². The zero-order chi connectivity index (χ0) is 38.4. The van der Waals surface area contributed by atoms with Crippen LogP contribution in [0.2, 0.25) is 0 Å². The number of nitrogens with zero attached hydrogens (tertiary/aromatic N) is 1. The van der Waals surface area contributed by atoms with Gasteiger partial charge in [0.1, 0.15) is 11.3 Å². The topological polar surface area (TPSA) is 16.4 Å². The van der Waals surface area contributed by atoms with Crippen LogP contribution in [0.4, 0.5) is 17.1 Å². The predicted octanol–water partition coefficient (Wildman–Crippen LogP) is 16.0. The van der Waals surface area contributed by atoms with Gasteiger partial charge < -0.3 is 9.32 Å². The largest absolute Gasteiger partial charge is 0.456 e. The van der Waals surface area contributed by atoms with Crippen LogP contribution in [0.5, 0.6) is 0 Å². The van der Waals surface area contributed by atoms with Crippen molar-refractivity contribution in [2.45, 2.75) is 0 Å². The van der Waals surface area contributed by atoms with Crippen LogP contribution in [0.3, 0.4) is 0 Å². The van der Waals surface area contributed by atoms with E-state index in [1.54, 1.807) is 0 Å². The highest BCUT2D eigenvalue weighted by Gasteiger charge is 2.19. The minimum absolute atomic E-state index is 0.878. The lowest BCUT2D eigenvalue weighted by atomic mass is 9.97. The standard InChI is InChI=1S/C56H37NO/c1-2-11-38(12-3-1)39-21-23-41(24-22-39)53-18-7-8-19-54(53)57(50-31-32-52-46(36-50)28-25-40-13-4-6-17-51(40)52)49-30-29-44-33-43(26-27-45(44)35-49)42-15-10-16-47(34-42)56-37-48-14-5-9-20-55(48)58-56/h1-37H. The molecule has 0 unspecified atom stereocenters. The van der Waals surface area contributed by atoms with E-state index in [2.05, 4.69) is 211 Å². The van der Waals surface area contributed by atoms with Crippen LogP contribution in [-0.4, -0.2) is 0 Å². The van der Waals surface area contributed by atoms with Gasteiger partial charge >= 0.3 is 0 Å². The van der Waals surface area contributed by atoms with E-state index < -0.39 is 0 Å². The van der Waals surface area contributed by atoms with Crippen LogP contribution in [0.15, 0.2) is 229 Å². The van der Waals surface area contributed by atoms with Crippen LogP contribution in [0, 0.1) is 0 Å². The van der Waals surface area contributed by atoms with E-state index >= 15 is 0 Å². The van der Waals surface area contributed by atoms with Crippen molar-refractivity contribution in [1.82, 2.24) is 0 Å². The molecule has 0 fully saturated rings. The van der Waals surface area contributed by atoms with Gasteiger partial charge in [0.05, 0.1) is 5.69 Å². The molecule has 2 nitrogen and oxygen atoms in total. The lowest BCUT2D eigenvalue weighted by Gasteiger charge is -2.28. The van der Waals surface area contributed by atoms with Gasteiger partial charge in [-0.05, 0) is 115 Å². The third-order valence-corrected chi connectivity index (χ3v) is 11.4. The first-order chi connectivity index (χ1) is 28.7. The Bertz CT molecular complexity index is 3250. The van der Waals surface area contributed by atoms with Crippen molar-refractivity contribution >= 4 is 60.3 Å². The number of rotatable bonds is 7. The highest BCUT2D eigenvalue weighted by Crippen LogP contribution is 2.43. The normalized spacial score (nSPS) is 11.4. The fourth-order valence-electron chi connectivity index (χ4n) is 8.48.